The molecular weight excluding hydrogens is 294 g/mol. The minimum atomic E-state index is -2.07. The molecule has 3 nitrogen and oxygen atoms in total. The quantitative estimate of drug-likeness (QED) is 0.699. The highest BCUT2D eigenvalue weighted by atomic mass is 32.2. The second-order valence-electron chi connectivity index (χ2n) is 4.71. The van der Waals surface area contributed by atoms with Gasteiger partial charge in [-0.25, -0.2) is 0 Å². The molecule has 2 rings (SSSR count). The summed E-state index contributed by atoms with van der Waals surface area (Å²) >= 11 is 0. The average molecular weight is 315 g/mol. The van der Waals surface area contributed by atoms with Crippen molar-refractivity contribution in [1.82, 2.24) is 0 Å². The second kappa shape index (κ2) is 9.71. The van der Waals surface area contributed by atoms with E-state index < -0.39 is 10.3 Å². The van der Waals surface area contributed by atoms with Gasteiger partial charge in [-0.2, -0.15) is 8.42 Å². The van der Waals surface area contributed by atoms with Crippen LogP contribution in [0.1, 0.15) is 22.3 Å². The lowest BCUT2D eigenvalue weighted by molar-refractivity contribution is 0.627. The van der Waals surface area contributed by atoms with Crippen molar-refractivity contribution in [2.75, 3.05) is 6.54 Å². The Bertz CT molecular complexity index is 720. The van der Waals surface area contributed by atoms with Crippen molar-refractivity contribution in [1.29, 1.82) is 0 Å². The lowest BCUT2D eigenvalue weighted by Crippen LogP contribution is -1.98. The van der Waals surface area contributed by atoms with E-state index in [4.69, 9.17) is 5.73 Å². The molecule has 22 heavy (non-hydrogen) atoms. The van der Waals surface area contributed by atoms with Gasteiger partial charge in [-0.3, -0.25) is 0 Å². The van der Waals surface area contributed by atoms with Crippen LogP contribution in [0.25, 0.3) is 12.2 Å². The highest BCUT2D eigenvalue weighted by Crippen LogP contribution is 2.16. The Morgan fingerprint density at radius 2 is 1.50 bits per heavy atom. The van der Waals surface area contributed by atoms with Crippen LogP contribution in [0.5, 0.6) is 0 Å². The fraction of sp³-hybridized carbons (Fsp3) is 0.167. The molecule has 0 heterocycles. The maximum absolute atomic E-state index is 9.46. The van der Waals surface area contributed by atoms with E-state index in [1.165, 1.54) is 22.3 Å². The van der Waals surface area contributed by atoms with Crippen LogP contribution in [-0.2, 0) is 10.3 Å². The Morgan fingerprint density at radius 3 is 1.95 bits per heavy atom. The summed E-state index contributed by atoms with van der Waals surface area (Å²) in [7, 11) is -2.07. The smallest absolute Gasteiger partial charge is 0.211 e. The molecule has 2 aromatic carbocycles. The lowest BCUT2D eigenvalue weighted by atomic mass is 10.0. The van der Waals surface area contributed by atoms with Crippen molar-refractivity contribution < 1.29 is 8.42 Å². The van der Waals surface area contributed by atoms with Crippen molar-refractivity contribution in [2.24, 2.45) is 5.73 Å². The van der Waals surface area contributed by atoms with Gasteiger partial charge in [0.1, 0.15) is 0 Å². The molecule has 0 aliphatic carbocycles. The van der Waals surface area contributed by atoms with Gasteiger partial charge >= 0.3 is 0 Å². The summed E-state index contributed by atoms with van der Waals surface area (Å²) in [6, 6.07) is 16.8. The fourth-order valence-corrected chi connectivity index (χ4v) is 2.07. The van der Waals surface area contributed by atoms with E-state index in [1.54, 1.807) is 0 Å². The number of hydrogen-bond acceptors (Lipinski definition) is 3. The number of aryl methyl sites for hydroxylation is 2. The van der Waals surface area contributed by atoms with Gasteiger partial charge < -0.3 is 5.73 Å². The highest BCUT2D eigenvalue weighted by molar-refractivity contribution is 7.71. The first-order chi connectivity index (χ1) is 10.5. The van der Waals surface area contributed by atoms with Crippen LogP contribution in [0.3, 0.4) is 0 Å². The molecule has 0 radical (unpaired) electrons. The number of hydrogen-bond donors (Lipinski definition) is 1. The summed E-state index contributed by atoms with van der Waals surface area (Å²) in [6.45, 7) is 4.39. The van der Waals surface area contributed by atoms with Crippen LogP contribution in [0.2, 0.25) is 0 Å². The van der Waals surface area contributed by atoms with Crippen molar-refractivity contribution in [3.05, 3.63) is 70.8 Å². The van der Waals surface area contributed by atoms with Crippen LogP contribution in [0, 0.1) is 13.8 Å². The first kappa shape index (κ1) is 17.9. The van der Waals surface area contributed by atoms with E-state index in [1.807, 2.05) is 6.07 Å². The van der Waals surface area contributed by atoms with Crippen LogP contribution in [-0.4, -0.2) is 20.3 Å². The molecule has 0 saturated heterocycles. The molecule has 0 amide bonds. The molecule has 0 unspecified atom stereocenters. The van der Waals surface area contributed by atoms with Gasteiger partial charge in [0.2, 0.25) is 10.3 Å². The van der Waals surface area contributed by atoms with Crippen LogP contribution < -0.4 is 5.73 Å². The molecule has 0 saturated carbocycles. The summed E-state index contributed by atoms with van der Waals surface area (Å²) in [5, 5.41) is 0.986. The molecule has 0 aliphatic heterocycles. The summed E-state index contributed by atoms with van der Waals surface area (Å²) in [5.74, 6) is 0. The molecule has 4 heteroatoms. The predicted molar refractivity (Wildman–Crippen MR) is 95.3 cm³/mol. The Kier molecular flexibility index (Phi) is 7.89. The standard InChI is InChI=1S/C16H16.C2H5NO2S/c1-13-7-6-8-14(2)16(13)12-11-15-9-4-3-5-10-15;3-1-2-6(4)5/h3-12H,1-2H3;2H,1,3H2. The number of nitrogens with two attached hydrogens (primary N) is 1. The average Bonchev–Trinajstić information content (AvgIpc) is 2.48. The summed E-state index contributed by atoms with van der Waals surface area (Å²) in [6.07, 6.45) is 4.36. The highest BCUT2D eigenvalue weighted by Gasteiger charge is 1.96. The van der Waals surface area contributed by atoms with Crippen LogP contribution >= 0.6 is 0 Å². The molecule has 0 fully saturated rings. The van der Waals surface area contributed by atoms with Gasteiger partial charge in [-0.15, -0.1) is 0 Å². The number of benzene rings is 2. The normalized spacial score (nSPS) is 9.95. The molecule has 116 valence electrons. The van der Waals surface area contributed by atoms with E-state index in [0.717, 1.165) is 5.37 Å². The molecule has 0 spiro atoms. The fourth-order valence-electron chi connectivity index (χ4n) is 1.91. The molecule has 0 aromatic heterocycles. The van der Waals surface area contributed by atoms with Crippen LogP contribution in [0.15, 0.2) is 48.5 Å². The third-order valence-electron chi connectivity index (χ3n) is 3.02. The van der Waals surface area contributed by atoms with Crippen molar-refractivity contribution >= 4 is 27.8 Å². The predicted octanol–water partition coefficient (Wildman–Crippen LogP) is 3.10. The minimum Gasteiger partial charge on any atom is -0.326 e. The van der Waals surface area contributed by atoms with Gasteiger partial charge in [0.15, 0.2) is 0 Å². The first-order valence-corrected chi connectivity index (χ1v) is 8.09. The summed E-state index contributed by atoms with van der Waals surface area (Å²) < 4.78 is 18.9. The van der Waals surface area contributed by atoms with Crippen molar-refractivity contribution in [2.45, 2.75) is 13.8 Å². The Morgan fingerprint density at radius 1 is 0.909 bits per heavy atom. The zero-order valence-electron chi connectivity index (χ0n) is 12.9. The zero-order valence-corrected chi connectivity index (χ0v) is 13.7. The number of rotatable bonds is 3. The second-order valence-corrected chi connectivity index (χ2v) is 5.57. The Labute approximate surface area is 133 Å². The van der Waals surface area contributed by atoms with Crippen LogP contribution in [0.4, 0.5) is 0 Å². The molecule has 0 aliphatic rings. The summed E-state index contributed by atoms with van der Waals surface area (Å²) in [5.41, 5.74) is 10.00. The maximum Gasteiger partial charge on any atom is 0.211 e. The molecular formula is C18H21NO2S. The van der Waals surface area contributed by atoms with Gasteiger partial charge in [-0.1, -0.05) is 60.7 Å². The van der Waals surface area contributed by atoms with Crippen molar-refractivity contribution in [3.8, 4) is 0 Å². The van der Waals surface area contributed by atoms with E-state index in [0.29, 0.717) is 0 Å². The lowest BCUT2D eigenvalue weighted by Gasteiger charge is -2.04. The van der Waals surface area contributed by atoms with Gasteiger partial charge in [-0.05, 0) is 36.1 Å². The summed E-state index contributed by atoms with van der Waals surface area (Å²) in [4.78, 5) is 0. The van der Waals surface area contributed by atoms with Crippen molar-refractivity contribution in [3.63, 3.8) is 0 Å². The van der Waals surface area contributed by atoms with E-state index in [-0.39, 0.29) is 6.54 Å². The SMILES string of the molecule is Cc1cccc(C)c1C=Cc1ccccc1.NCC=S(=O)=O. The monoisotopic (exact) mass is 315 g/mol. The van der Waals surface area contributed by atoms with Gasteiger partial charge in [0, 0.05) is 11.9 Å². The molecule has 2 N–H and O–H groups in total. The third kappa shape index (κ3) is 6.52. The third-order valence-corrected chi connectivity index (χ3v) is 3.48. The molecule has 2 aromatic rings. The molecule has 0 atom stereocenters. The Balaban J connectivity index is 0.000000346. The zero-order chi connectivity index (χ0) is 16.4. The molecule has 0 bridgehead atoms. The van der Waals surface area contributed by atoms with E-state index in [9.17, 15) is 8.42 Å². The first-order valence-electron chi connectivity index (χ1n) is 6.95. The van der Waals surface area contributed by atoms with E-state index in [2.05, 4.69) is 68.5 Å². The Hall–Kier alpha value is -2.17. The minimum absolute atomic E-state index is 0.0934. The largest absolute Gasteiger partial charge is 0.326 e. The maximum atomic E-state index is 9.46. The van der Waals surface area contributed by atoms with Gasteiger partial charge in [0.25, 0.3) is 0 Å². The van der Waals surface area contributed by atoms with Gasteiger partial charge in [0.05, 0.1) is 0 Å². The van der Waals surface area contributed by atoms with E-state index >= 15 is 0 Å². The topological polar surface area (TPSA) is 60.2 Å².